The number of ketones is 1. The van der Waals surface area contributed by atoms with Crippen LogP contribution in [0.4, 0.5) is 0 Å². The Hall–Kier alpha value is -0.830. The van der Waals surface area contributed by atoms with Gasteiger partial charge in [-0.3, -0.25) is 4.79 Å². The van der Waals surface area contributed by atoms with Gasteiger partial charge in [-0.25, -0.2) is 0 Å². The van der Waals surface area contributed by atoms with Crippen LogP contribution < -0.4 is 4.74 Å². The van der Waals surface area contributed by atoms with Crippen LogP contribution in [0, 0.1) is 0 Å². The molecule has 1 aromatic carbocycles. The monoisotopic (exact) mass is 298 g/mol. The third-order valence-electron chi connectivity index (χ3n) is 2.65. The minimum atomic E-state index is -0.163. The highest BCUT2D eigenvalue weighted by atomic mass is 79.9. The van der Waals surface area contributed by atoms with E-state index in [1.165, 1.54) is 0 Å². The van der Waals surface area contributed by atoms with Crippen molar-refractivity contribution in [3.63, 3.8) is 0 Å². The molecule has 1 rings (SSSR count). The highest BCUT2D eigenvalue weighted by Crippen LogP contribution is 2.32. The van der Waals surface area contributed by atoms with E-state index in [0.717, 1.165) is 16.9 Å². The Morgan fingerprint density at radius 1 is 1.35 bits per heavy atom. The third-order valence-corrected chi connectivity index (χ3v) is 3.07. The quantitative estimate of drug-likeness (QED) is 0.624. The summed E-state index contributed by atoms with van der Waals surface area (Å²) in [7, 11) is 1.65. The van der Waals surface area contributed by atoms with Crippen LogP contribution in [-0.2, 0) is 5.41 Å². The normalized spacial score (nSPS) is 13.3. The van der Waals surface area contributed by atoms with Crippen molar-refractivity contribution in [2.75, 3.05) is 7.11 Å². The number of carbonyl (C=O) groups excluding carboxylic acids is 1. The minimum absolute atomic E-state index is 0.0445. The highest BCUT2D eigenvalue weighted by Gasteiger charge is 2.21. The Morgan fingerprint density at radius 3 is 2.35 bits per heavy atom. The number of ether oxygens (including phenoxy) is 1. The average molecular weight is 299 g/mol. The van der Waals surface area contributed by atoms with E-state index < -0.39 is 0 Å². The molecule has 0 bridgehead atoms. The molecule has 0 spiro atoms. The van der Waals surface area contributed by atoms with E-state index in [-0.39, 0.29) is 16.0 Å². The van der Waals surface area contributed by atoms with Crippen molar-refractivity contribution in [2.45, 2.75) is 37.9 Å². The predicted octanol–water partition coefficient (Wildman–Crippen LogP) is 3.96. The fourth-order valence-corrected chi connectivity index (χ4v) is 1.94. The first-order valence-corrected chi connectivity index (χ1v) is 6.55. The maximum absolute atomic E-state index is 11.9. The Balaban J connectivity index is 3.28. The fourth-order valence-electron chi connectivity index (χ4n) is 1.68. The zero-order valence-corrected chi connectivity index (χ0v) is 12.6. The van der Waals surface area contributed by atoms with Gasteiger partial charge in [-0.2, -0.15) is 0 Å². The third kappa shape index (κ3) is 3.32. The molecule has 17 heavy (non-hydrogen) atoms. The van der Waals surface area contributed by atoms with E-state index in [1.54, 1.807) is 7.11 Å². The number of methoxy groups -OCH3 is 1. The van der Waals surface area contributed by atoms with E-state index in [2.05, 4.69) is 36.7 Å². The molecule has 0 heterocycles. The summed E-state index contributed by atoms with van der Waals surface area (Å²) in [5, 5.41) is 0. The number of Topliss-reactive ketones (excluding diaryl/α,β-unsaturated/α-hetero) is 1. The molecule has 3 heteroatoms. The van der Waals surface area contributed by atoms with Gasteiger partial charge in [0.2, 0.25) is 0 Å². The SMILES string of the molecule is COc1ccc(C(=O)C(C)Br)cc1C(C)(C)C. The number of hydrogen-bond acceptors (Lipinski definition) is 2. The van der Waals surface area contributed by atoms with E-state index >= 15 is 0 Å². The molecule has 0 amide bonds. The standard InChI is InChI=1S/C14H19BrO2/c1-9(15)13(16)10-6-7-12(17-5)11(8-10)14(2,3)4/h6-9H,1-5H3. The molecular weight excluding hydrogens is 280 g/mol. The van der Waals surface area contributed by atoms with Crippen molar-refractivity contribution in [1.82, 2.24) is 0 Å². The van der Waals surface area contributed by atoms with Gasteiger partial charge in [0.25, 0.3) is 0 Å². The van der Waals surface area contributed by atoms with Gasteiger partial charge < -0.3 is 4.74 Å². The van der Waals surface area contributed by atoms with Crippen molar-refractivity contribution in [3.05, 3.63) is 29.3 Å². The average Bonchev–Trinajstić information content (AvgIpc) is 2.25. The molecule has 0 aromatic heterocycles. The Morgan fingerprint density at radius 2 is 1.94 bits per heavy atom. The van der Waals surface area contributed by atoms with E-state index in [0.29, 0.717) is 0 Å². The predicted molar refractivity (Wildman–Crippen MR) is 74.4 cm³/mol. The fraction of sp³-hybridized carbons (Fsp3) is 0.500. The van der Waals surface area contributed by atoms with Crippen LogP contribution in [0.25, 0.3) is 0 Å². The number of alkyl halides is 1. The zero-order valence-electron chi connectivity index (χ0n) is 11.0. The van der Waals surface area contributed by atoms with Crippen LogP contribution in [0.15, 0.2) is 18.2 Å². The number of benzene rings is 1. The summed E-state index contributed by atoms with van der Waals surface area (Å²) in [5.74, 6) is 0.925. The second-order valence-electron chi connectivity index (χ2n) is 5.15. The van der Waals surface area contributed by atoms with Crippen molar-refractivity contribution in [3.8, 4) is 5.75 Å². The van der Waals surface area contributed by atoms with E-state index in [9.17, 15) is 4.79 Å². The molecular formula is C14H19BrO2. The molecule has 0 saturated heterocycles. The first-order chi connectivity index (χ1) is 7.77. The lowest BCUT2D eigenvalue weighted by atomic mass is 9.85. The van der Waals surface area contributed by atoms with Crippen LogP contribution >= 0.6 is 15.9 Å². The van der Waals surface area contributed by atoms with Gasteiger partial charge in [0.05, 0.1) is 11.9 Å². The number of hydrogen-bond donors (Lipinski definition) is 0. The molecule has 94 valence electrons. The summed E-state index contributed by atoms with van der Waals surface area (Å²) in [4.78, 5) is 11.8. The van der Waals surface area contributed by atoms with Crippen molar-refractivity contribution in [1.29, 1.82) is 0 Å². The Kier molecular flexibility index (Phi) is 4.36. The molecule has 0 saturated carbocycles. The number of rotatable bonds is 3. The van der Waals surface area contributed by atoms with Crippen LogP contribution in [0.2, 0.25) is 0 Å². The van der Waals surface area contributed by atoms with Crippen molar-refractivity contribution >= 4 is 21.7 Å². The van der Waals surface area contributed by atoms with Gasteiger partial charge in [0, 0.05) is 11.1 Å². The second-order valence-corrected chi connectivity index (χ2v) is 6.52. The summed E-state index contributed by atoms with van der Waals surface area (Å²) < 4.78 is 5.34. The summed E-state index contributed by atoms with van der Waals surface area (Å²) in [5.41, 5.74) is 1.73. The molecule has 0 aliphatic carbocycles. The highest BCUT2D eigenvalue weighted by molar-refractivity contribution is 9.10. The smallest absolute Gasteiger partial charge is 0.176 e. The van der Waals surface area contributed by atoms with Gasteiger partial charge in [0.15, 0.2) is 5.78 Å². The van der Waals surface area contributed by atoms with Gasteiger partial charge in [-0.1, -0.05) is 36.7 Å². The molecule has 1 aromatic rings. The molecule has 0 fully saturated rings. The molecule has 0 radical (unpaired) electrons. The Labute approximate surface area is 111 Å². The topological polar surface area (TPSA) is 26.3 Å². The van der Waals surface area contributed by atoms with Crippen LogP contribution in [0.1, 0.15) is 43.6 Å². The zero-order chi connectivity index (χ0) is 13.2. The maximum atomic E-state index is 11.9. The molecule has 0 N–H and O–H groups in total. The van der Waals surface area contributed by atoms with E-state index in [4.69, 9.17) is 4.74 Å². The lowest BCUT2D eigenvalue weighted by Crippen LogP contribution is -2.16. The van der Waals surface area contributed by atoms with Gasteiger partial charge in [-0.15, -0.1) is 0 Å². The van der Waals surface area contributed by atoms with Crippen molar-refractivity contribution in [2.24, 2.45) is 0 Å². The van der Waals surface area contributed by atoms with E-state index in [1.807, 2.05) is 25.1 Å². The largest absolute Gasteiger partial charge is 0.496 e. The molecule has 0 aliphatic rings. The summed E-state index contributed by atoms with van der Waals surface area (Å²) in [6.07, 6.45) is 0. The second kappa shape index (κ2) is 5.21. The van der Waals surface area contributed by atoms with Gasteiger partial charge >= 0.3 is 0 Å². The molecule has 0 aliphatic heterocycles. The number of carbonyl (C=O) groups is 1. The minimum Gasteiger partial charge on any atom is -0.496 e. The first kappa shape index (κ1) is 14.2. The molecule has 1 unspecified atom stereocenters. The van der Waals surface area contributed by atoms with Crippen LogP contribution in [0.5, 0.6) is 5.75 Å². The van der Waals surface area contributed by atoms with Gasteiger partial charge in [0.1, 0.15) is 5.75 Å². The first-order valence-electron chi connectivity index (χ1n) is 5.64. The lowest BCUT2D eigenvalue weighted by molar-refractivity contribution is 0.0995. The van der Waals surface area contributed by atoms with Gasteiger partial charge in [-0.05, 0) is 30.5 Å². The summed E-state index contributed by atoms with van der Waals surface area (Å²) in [6, 6.07) is 5.61. The summed E-state index contributed by atoms with van der Waals surface area (Å²) >= 11 is 3.31. The Bertz CT molecular complexity index is 417. The van der Waals surface area contributed by atoms with Crippen LogP contribution in [-0.4, -0.2) is 17.7 Å². The molecule has 2 nitrogen and oxygen atoms in total. The maximum Gasteiger partial charge on any atom is 0.176 e. The van der Waals surface area contributed by atoms with Crippen molar-refractivity contribution < 1.29 is 9.53 Å². The lowest BCUT2D eigenvalue weighted by Gasteiger charge is -2.22. The summed E-state index contributed by atoms with van der Waals surface area (Å²) in [6.45, 7) is 8.16. The van der Waals surface area contributed by atoms with Crippen LogP contribution in [0.3, 0.4) is 0 Å². The molecule has 1 atom stereocenters. The number of halogens is 1.